The molecule has 8 nitrogen and oxygen atoms in total. The van der Waals surface area contributed by atoms with Crippen molar-refractivity contribution in [3.05, 3.63) is 111 Å². The van der Waals surface area contributed by atoms with Crippen LogP contribution < -0.4 is 4.74 Å². The summed E-state index contributed by atoms with van der Waals surface area (Å²) in [7, 11) is 0. The summed E-state index contributed by atoms with van der Waals surface area (Å²) < 4.78 is 5.73. The maximum Gasteiger partial charge on any atom is 0.295 e. The summed E-state index contributed by atoms with van der Waals surface area (Å²) >= 11 is 0. The van der Waals surface area contributed by atoms with E-state index >= 15 is 0 Å². The topological polar surface area (TPSA) is 110 Å². The zero-order chi connectivity index (χ0) is 24.7. The number of fused-ring (bicyclic) bond motifs is 1. The van der Waals surface area contributed by atoms with Crippen LogP contribution in [-0.2, 0) is 22.6 Å². The lowest BCUT2D eigenvalue weighted by Gasteiger charge is -2.25. The van der Waals surface area contributed by atoms with E-state index in [1.165, 1.54) is 29.2 Å². The molecule has 0 aromatic heterocycles. The number of likely N-dealkylation sites (tertiary alicyclic amines) is 1. The molecule has 0 radical (unpaired) electrons. The van der Waals surface area contributed by atoms with Crippen molar-refractivity contribution in [1.29, 1.82) is 0 Å². The third-order valence-corrected chi connectivity index (χ3v) is 6.32. The average Bonchev–Trinajstić information content (AvgIpc) is 3.35. The lowest BCUT2D eigenvalue weighted by Crippen LogP contribution is -2.29. The van der Waals surface area contributed by atoms with E-state index in [9.17, 15) is 24.8 Å². The van der Waals surface area contributed by atoms with Crippen LogP contribution in [0.3, 0.4) is 0 Å². The van der Waals surface area contributed by atoms with Crippen LogP contribution in [0.5, 0.6) is 5.75 Å². The molecule has 2 aliphatic rings. The van der Waals surface area contributed by atoms with E-state index < -0.39 is 22.7 Å². The highest BCUT2D eigenvalue weighted by Crippen LogP contribution is 2.41. The fourth-order valence-corrected chi connectivity index (χ4v) is 4.67. The van der Waals surface area contributed by atoms with Crippen LogP contribution in [0.25, 0.3) is 5.76 Å². The van der Waals surface area contributed by atoms with Crippen LogP contribution >= 0.6 is 0 Å². The number of hydrogen-bond acceptors (Lipinski definition) is 6. The number of aliphatic hydroxyl groups excluding tert-OH is 1. The highest BCUT2D eigenvalue weighted by molar-refractivity contribution is 6.46. The first-order chi connectivity index (χ1) is 16.8. The lowest BCUT2D eigenvalue weighted by molar-refractivity contribution is -0.384. The van der Waals surface area contributed by atoms with Gasteiger partial charge < -0.3 is 14.7 Å². The molecule has 0 spiro atoms. The molecule has 1 fully saturated rings. The number of Topliss-reactive ketones (excluding diaryl/α,β-unsaturated/α-hetero) is 1. The van der Waals surface area contributed by atoms with Crippen LogP contribution in [0.2, 0.25) is 0 Å². The van der Waals surface area contributed by atoms with Gasteiger partial charge in [0.05, 0.1) is 16.5 Å². The maximum absolute atomic E-state index is 13.2. The Morgan fingerprint density at radius 2 is 1.80 bits per heavy atom. The summed E-state index contributed by atoms with van der Waals surface area (Å²) in [6, 6.07) is 19.1. The predicted molar refractivity (Wildman–Crippen MR) is 128 cm³/mol. The molecule has 176 valence electrons. The molecule has 0 aliphatic carbocycles. The minimum absolute atomic E-state index is 0.0129. The van der Waals surface area contributed by atoms with Crippen LogP contribution in [0.1, 0.15) is 35.2 Å². The van der Waals surface area contributed by atoms with E-state index in [4.69, 9.17) is 4.74 Å². The van der Waals surface area contributed by atoms with Crippen molar-refractivity contribution < 1.29 is 24.4 Å². The molecule has 1 amide bonds. The second kappa shape index (κ2) is 8.72. The number of ether oxygens (including phenoxy) is 1. The third kappa shape index (κ3) is 4.03. The Bertz CT molecular complexity index is 1360. The van der Waals surface area contributed by atoms with Gasteiger partial charge in [-0.1, -0.05) is 30.3 Å². The minimum Gasteiger partial charge on any atom is -0.507 e. The fourth-order valence-electron chi connectivity index (χ4n) is 4.67. The van der Waals surface area contributed by atoms with E-state index in [1.54, 1.807) is 18.2 Å². The number of nitrogens with zero attached hydrogens (tertiary/aromatic N) is 2. The minimum atomic E-state index is -0.903. The Labute approximate surface area is 201 Å². The Kier molecular flexibility index (Phi) is 5.56. The van der Waals surface area contributed by atoms with Gasteiger partial charge in [-0.25, -0.2) is 0 Å². The van der Waals surface area contributed by atoms with Crippen molar-refractivity contribution in [3.63, 3.8) is 0 Å². The van der Waals surface area contributed by atoms with Crippen molar-refractivity contribution in [3.8, 4) is 5.75 Å². The summed E-state index contributed by atoms with van der Waals surface area (Å²) in [6.45, 7) is 2.09. The molecule has 1 N–H and O–H groups in total. The first-order valence-electron chi connectivity index (χ1n) is 11.2. The summed E-state index contributed by atoms with van der Waals surface area (Å²) in [5.74, 6) is -1.10. The number of nitro groups is 1. The van der Waals surface area contributed by atoms with Crippen molar-refractivity contribution in [2.45, 2.75) is 32.0 Å². The normalized spacial score (nSPS) is 20.5. The van der Waals surface area contributed by atoms with Gasteiger partial charge in [-0.05, 0) is 53.9 Å². The summed E-state index contributed by atoms with van der Waals surface area (Å²) in [5.41, 5.74) is 2.46. The first-order valence-corrected chi connectivity index (χ1v) is 11.2. The fraction of sp³-hybridized carbons (Fsp3) is 0.185. The number of carbonyl (C=O) groups is 2. The number of rotatable bonds is 5. The van der Waals surface area contributed by atoms with Gasteiger partial charge in [0.1, 0.15) is 17.6 Å². The molecule has 2 aliphatic heterocycles. The summed E-state index contributed by atoms with van der Waals surface area (Å²) in [5, 5.41) is 22.4. The Balaban J connectivity index is 1.63. The molecule has 0 bridgehead atoms. The Morgan fingerprint density at radius 1 is 1.09 bits per heavy atom. The van der Waals surface area contributed by atoms with E-state index in [0.717, 1.165) is 16.9 Å². The van der Waals surface area contributed by atoms with Crippen LogP contribution in [0.15, 0.2) is 78.4 Å². The standard InChI is InChI=1S/C27H22N2O6/c1-16-13-20-14-19(9-12-22(20)35-16)25(30)23-24(18-7-10-21(11-8-18)29(33)34)28(27(32)26(23)31)15-17-5-3-2-4-6-17/h2-12,14,16,24,30H,13,15H2,1H3/b25-23+/t16-,24-/m0/s1. The van der Waals surface area contributed by atoms with Gasteiger partial charge in [0, 0.05) is 30.7 Å². The molecular weight excluding hydrogens is 448 g/mol. The van der Waals surface area contributed by atoms with Crippen LogP contribution in [-0.4, -0.2) is 32.7 Å². The number of amides is 1. The van der Waals surface area contributed by atoms with E-state index in [2.05, 4.69) is 0 Å². The van der Waals surface area contributed by atoms with Gasteiger partial charge in [0.2, 0.25) is 0 Å². The van der Waals surface area contributed by atoms with Gasteiger partial charge in [-0.15, -0.1) is 0 Å². The molecule has 8 heteroatoms. The lowest BCUT2D eigenvalue weighted by atomic mass is 9.94. The molecule has 0 saturated carbocycles. The molecule has 2 heterocycles. The van der Waals surface area contributed by atoms with Crippen molar-refractivity contribution in [2.75, 3.05) is 0 Å². The van der Waals surface area contributed by atoms with E-state index in [-0.39, 0.29) is 29.7 Å². The quantitative estimate of drug-likeness (QED) is 0.193. The van der Waals surface area contributed by atoms with Gasteiger partial charge >= 0.3 is 0 Å². The average molecular weight is 470 g/mol. The molecule has 5 rings (SSSR count). The zero-order valence-electron chi connectivity index (χ0n) is 18.9. The van der Waals surface area contributed by atoms with E-state index in [1.807, 2.05) is 37.3 Å². The second-order valence-electron chi connectivity index (χ2n) is 8.72. The number of benzene rings is 3. The Morgan fingerprint density at radius 3 is 2.49 bits per heavy atom. The van der Waals surface area contributed by atoms with Gasteiger partial charge in [0.15, 0.2) is 0 Å². The Hall–Kier alpha value is -4.46. The number of carbonyl (C=O) groups excluding carboxylic acids is 2. The summed E-state index contributed by atoms with van der Waals surface area (Å²) in [4.78, 5) is 38.4. The molecule has 3 aromatic rings. The second-order valence-corrected chi connectivity index (χ2v) is 8.72. The number of nitro benzene ring substituents is 1. The molecule has 2 atom stereocenters. The molecule has 1 saturated heterocycles. The molecule has 0 unspecified atom stereocenters. The van der Waals surface area contributed by atoms with Crippen LogP contribution in [0, 0.1) is 10.1 Å². The molecule has 35 heavy (non-hydrogen) atoms. The number of hydrogen-bond donors (Lipinski definition) is 1. The number of non-ortho nitro benzene ring substituents is 1. The summed E-state index contributed by atoms with van der Waals surface area (Å²) in [6.07, 6.45) is 0.684. The van der Waals surface area contributed by atoms with Crippen molar-refractivity contribution in [2.24, 2.45) is 0 Å². The number of ketones is 1. The maximum atomic E-state index is 13.2. The number of aliphatic hydroxyl groups is 1. The smallest absolute Gasteiger partial charge is 0.295 e. The molecule has 3 aromatic carbocycles. The highest BCUT2D eigenvalue weighted by Gasteiger charge is 2.46. The largest absolute Gasteiger partial charge is 0.507 e. The zero-order valence-corrected chi connectivity index (χ0v) is 18.9. The van der Waals surface area contributed by atoms with Crippen LogP contribution in [0.4, 0.5) is 5.69 Å². The molecular formula is C27H22N2O6. The van der Waals surface area contributed by atoms with Gasteiger partial charge in [0.25, 0.3) is 17.4 Å². The van der Waals surface area contributed by atoms with E-state index in [0.29, 0.717) is 17.5 Å². The third-order valence-electron chi connectivity index (χ3n) is 6.32. The highest BCUT2D eigenvalue weighted by atomic mass is 16.6. The van der Waals surface area contributed by atoms with Crippen molar-refractivity contribution >= 4 is 23.1 Å². The predicted octanol–water partition coefficient (Wildman–Crippen LogP) is 4.54. The van der Waals surface area contributed by atoms with Crippen molar-refractivity contribution in [1.82, 2.24) is 4.90 Å². The van der Waals surface area contributed by atoms with Gasteiger partial charge in [-0.2, -0.15) is 0 Å². The first kappa shape index (κ1) is 22.3. The van der Waals surface area contributed by atoms with Gasteiger partial charge in [-0.3, -0.25) is 19.7 Å². The monoisotopic (exact) mass is 470 g/mol. The SMILES string of the molecule is C[C@H]1Cc2cc(/C(O)=C3\C(=O)C(=O)N(Cc4ccccc4)[C@H]3c3ccc([N+](=O)[O-])cc3)ccc2O1.